The van der Waals surface area contributed by atoms with Crippen molar-refractivity contribution in [2.75, 3.05) is 0 Å². The number of rotatable bonds is 1. The molecule has 1 aromatic heterocycles. The number of carboxylic acid groups (broad SMARTS) is 1. The Hall–Kier alpha value is -1.59. The van der Waals surface area contributed by atoms with Crippen molar-refractivity contribution in [3.05, 3.63) is 28.8 Å². The standard InChI is InChI=1S/C7H4F3NO2/c1-2-3(7(12)13)5(9)11-6(10)4(2)8/h1H3,(H,12,13). The van der Waals surface area contributed by atoms with E-state index in [1.807, 2.05) is 0 Å². The number of hydrogen-bond acceptors (Lipinski definition) is 2. The van der Waals surface area contributed by atoms with Gasteiger partial charge in [0.2, 0.25) is 5.95 Å². The third kappa shape index (κ3) is 1.47. The van der Waals surface area contributed by atoms with Crippen LogP contribution in [0, 0.1) is 24.6 Å². The largest absolute Gasteiger partial charge is 0.478 e. The first-order chi connectivity index (χ1) is 5.95. The highest BCUT2D eigenvalue weighted by atomic mass is 19.2. The summed E-state index contributed by atoms with van der Waals surface area (Å²) in [7, 11) is 0. The normalized spacial score (nSPS) is 10.2. The second-order valence-electron chi connectivity index (χ2n) is 2.31. The average molecular weight is 191 g/mol. The second kappa shape index (κ2) is 3.04. The lowest BCUT2D eigenvalue weighted by Crippen LogP contribution is -2.10. The fraction of sp³-hybridized carbons (Fsp3) is 0.143. The number of halogens is 3. The molecule has 0 atom stereocenters. The van der Waals surface area contributed by atoms with Gasteiger partial charge in [0.05, 0.1) is 0 Å². The maximum Gasteiger partial charge on any atom is 0.340 e. The zero-order valence-electron chi connectivity index (χ0n) is 6.44. The van der Waals surface area contributed by atoms with E-state index in [0.29, 0.717) is 0 Å². The molecule has 0 aliphatic rings. The van der Waals surface area contributed by atoms with Crippen molar-refractivity contribution in [2.45, 2.75) is 6.92 Å². The fourth-order valence-corrected chi connectivity index (χ4v) is 0.859. The molecule has 0 bridgehead atoms. The summed E-state index contributed by atoms with van der Waals surface area (Å²) in [6.07, 6.45) is 0. The number of carboxylic acids is 1. The van der Waals surface area contributed by atoms with E-state index < -0.39 is 34.8 Å². The molecule has 1 heterocycles. The van der Waals surface area contributed by atoms with Gasteiger partial charge in [-0.3, -0.25) is 0 Å². The van der Waals surface area contributed by atoms with E-state index in [1.54, 1.807) is 0 Å². The van der Waals surface area contributed by atoms with Gasteiger partial charge in [-0.15, -0.1) is 0 Å². The van der Waals surface area contributed by atoms with Crippen LogP contribution in [-0.2, 0) is 0 Å². The lowest BCUT2D eigenvalue weighted by Gasteiger charge is -2.02. The number of aromatic nitrogens is 1. The highest BCUT2D eigenvalue weighted by molar-refractivity contribution is 5.89. The number of pyridine rings is 1. The van der Waals surface area contributed by atoms with Gasteiger partial charge in [0.15, 0.2) is 5.82 Å². The molecule has 0 amide bonds. The van der Waals surface area contributed by atoms with Gasteiger partial charge in [0, 0.05) is 5.56 Å². The van der Waals surface area contributed by atoms with E-state index in [4.69, 9.17) is 5.11 Å². The van der Waals surface area contributed by atoms with Crippen LogP contribution in [-0.4, -0.2) is 16.1 Å². The lowest BCUT2D eigenvalue weighted by molar-refractivity contribution is 0.0688. The molecule has 0 saturated carbocycles. The summed E-state index contributed by atoms with van der Waals surface area (Å²) in [6, 6.07) is 0. The second-order valence-corrected chi connectivity index (χ2v) is 2.31. The molecule has 0 aliphatic carbocycles. The number of nitrogens with zero attached hydrogens (tertiary/aromatic N) is 1. The highest BCUT2D eigenvalue weighted by Crippen LogP contribution is 2.16. The summed E-state index contributed by atoms with van der Waals surface area (Å²) >= 11 is 0. The molecule has 13 heavy (non-hydrogen) atoms. The van der Waals surface area contributed by atoms with Crippen LogP contribution in [0.4, 0.5) is 13.2 Å². The Morgan fingerprint density at radius 2 is 1.85 bits per heavy atom. The van der Waals surface area contributed by atoms with Crippen molar-refractivity contribution >= 4 is 5.97 Å². The number of aromatic carboxylic acids is 1. The van der Waals surface area contributed by atoms with E-state index >= 15 is 0 Å². The van der Waals surface area contributed by atoms with Gasteiger partial charge in [0.25, 0.3) is 5.95 Å². The summed E-state index contributed by atoms with van der Waals surface area (Å²) in [5.74, 6) is -6.29. The first kappa shape index (κ1) is 9.50. The Labute approximate surface area is 70.8 Å². The molecule has 3 nitrogen and oxygen atoms in total. The molecular formula is C7H4F3NO2. The smallest absolute Gasteiger partial charge is 0.340 e. The van der Waals surface area contributed by atoms with Crippen molar-refractivity contribution in [2.24, 2.45) is 0 Å². The van der Waals surface area contributed by atoms with E-state index in [0.717, 1.165) is 6.92 Å². The predicted octanol–water partition coefficient (Wildman–Crippen LogP) is 1.51. The molecule has 0 saturated heterocycles. The third-order valence-corrected chi connectivity index (χ3v) is 1.50. The first-order valence-corrected chi connectivity index (χ1v) is 3.19. The van der Waals surface area contributed by atoms with Crippen LogP contribution in [0.2, 0.25) is 0 Å². The summed E-state index contributed by atoms with van der Waals surface area (Å²) in [4.78, 5) is 12.8. The minimum atomic E-state index is -1.68. The highest BCUT2D eigenvalue weighted by Gasteiger charge is 2.21. The molecule has 0 fully saturated rings. The van der Waals surface area contributed by atoms with Crippen LogP contribution in [0.15, 0.2) is 0 Å². The maximum absolute atomic E-state index is 12.7. The monoisotopic (exact) mass is 191 g/mol. The van der Waals surface area contributed by atoms with Crippen molar-refractivity contribution < 1.29 is 23.1 Å². The Kier molecular flexibility index (Phi) is 2.22. The Balaban J connectivity index is 3.53. The Morgan fingerprint density at radius 3 is 2.31 bits per heavy atom. The maximum atomic E-state index is 12.7. The summed E-state index contributed by atoms with van der Waals surface area (Å²) in [6.45, 7) is 0.965. The van der Waals surface area contributed by atoms with Gasteiger partial charge in [-0.05, 0) is 6.92 Å². The summed E-state index contributed by atoms with van der Waals surface area (Å²) in [5, 5.41) is 8.39. The third-order valence-electron chi connectivity index (χ3n) is 1.50. The topological polar surface area (TPSA) is 50.2 Å². The van der Waals surface area contributed by atoms with Crippen molar-refractivity contribution in [3.63, 3.8) is 0 Å². The van der Waals surface area contributed by atoms with Crippen LogP contribution in [0.25, 0.3) is 0 Å². The zero-order chi connectivity index (χ0) is 10.2. The first-order valence-electron chi connectivity index (χ1n) is 3.19. The molecule has 70 valence electrons. The van der Waals surface area contributed by atoms with Gasteiger partial charge >= 0.3 is 5.97 Å². The fourth-order valence-electron chi connectivity index (χ4n) is 0.859. The molecule has 0 aromatic carbocycles. The van der Waals surface area contributed by atoms with Crippen molar-refractivity contribution in [1.82, 2.24) is 4.98 Å². The summed E-state index contributed by atoms with van der Waals surface area (Å²) < 4.78 is 37.7. The SMILES string of the molecule is Cc1c(F)c(F)nc(F)c1C(=O)O. The lowest BCUT2D eigenvalue weighted by atomic mass is 10.1. The minimum Gasteiger partial charge on any atom is -0.478 e. The quantitative estimate of drug-likeness (QED) is 0.684. The molecular weight excluding hydrogens is 187 g/mol. The van der Waals surface area contributed by atoms with Gasteiger partial charge in [-0.1, -0.05) is 0 Å². The van der Waals surface area contributed by atoms with Gasteiger partial charge < -0.3 is 5.11 Å². The van der Waals surface area contributed by atoms with E-state index in [1.165, 1.54) is 0 Å². The Morgan fingerprint density at radius 1 is 1.31 bits per heavy atom. The van der Waals surface area contributed by atoms with E-state index in [9.17, 15) is 18.0 Å². The predicted molar refractivity (Wildman–Crippen MR) is 35.8 cm³/mol. The Bertz CT molecular complexity index is 378. The number of carbonyl (C=O) groups is 1. The molecule has 6 heteroatoms. The molecule has 0 spiro atoms. The van der Waals surface area contributed by atoms with E-state index in [-0.39, 0.29) is 0 Å². The summed E-state index contributed by atoms with van der Waals surface area (Å²) in [5.41, 5.74) is -1.54. The van der Waals surface area contributed by atoms with Gasteiger partial charge in [-0.2, -0.15) is 13.8 Å². The van der Waals surface area contributed by atoms with Crippen molar-refractivity contribution in [3.8, 4) is 0 Å². The van der Waals surface area contributed by atoms with Gasteiger partial charge in [-0.25, -0.2) is 9.18 Å². The van der Waals surface area contributed by atoms with Crippen LogP contribution in [0.1, 0.15) is 15.9 Å². The molecule has 1 aromatic rings. The minimum absolute atomic E-state index is 0.600. The van der Waals surface area contributed by atoms with E-state index in [2.05, 4.69) is 4.98 Å². The zero-order valence-corrected chi connectivity index (χ0v) is 6.44. The average Bonchev–Trinajstić information content (AvgIpc) is 1.99. The van der Waals surface area contributed by atoms with Gasteiger partial charge in [0.1, 0.15) is 5.56 Å². The van der Waals surface area contributed by atoms with Crippen LogP contribution < -0.4 is 0 Å². The molecule has 1 N–H and O–H groups in total. The molecule has 0 unspecified atom stereocenters. The van der Waals surface area contributed by atoms with Crippen LogP contribution >= 0.6 is 0 Å². The molecule has 0 aliphatic heterocycles. The van der Waals surface area contributed by atoms with Crippen LogP contribution in [0.3, 0.4) is 0 Å². The van der Waals surface area contributed by atoms with Crippen molar-refractivity contribution in [1.29, 1.82) is 0 Å². The molecule has 0 radical (unpaired) electrons. The number of hydrogen-bond donors (Lipinski definition) is 1. The molecule has 1 rings (SSSR count). The van der Waals surface area contributed by atoms with Crippen LogP contribution in [0.5, 0.6) is 0 Å².